The van der Waals surface area contributed by atoms with Gasteiger partial charge in [0, 0.05) is 11.4 Å². The molecule has 0 atom stereocenters. The Hall–Kier alpha value is -0.960. The van der Waals surface area contributed by atoms with Gasteiger partial charge in [0.15, 0.2) is 0 Å². The van der Waals surface area contributed by atoms with Crippen LogP contribution in [0.5, 0.6) is 0 Å². The number of rotatable bonds is 3. The minimum absolute atomic E-state index is 0.309. The second-order valence-electron chi connectivity index (χ2n) is 3.04. The van der Waals surface area contributed by atoms with Crippen molar-refractivity contribution in [3.8, 4) is 0 Å². The minimum Gasteiger partial charge on any atom is -0.293 e. The van der Waals surface area contributed by atoms with E-state index in [1.807, 2.05) is 6.92 Å². The summed E-state index contributed by atoms with van der Waals surface area (Å²) in [5.41, 5.74) is 1.38. The Balaban J connectivity index is 2.82. The van der Waals surface area contributed by atoms with Gasteiger partial charge < -0.3 is 0 Å². The van der Waals surface area contributed by atoms with Crippen LogP contribution in [0, 0.1) is 6.92 Å². The Kier molecular flexibility index (Phi) is 3.58. The summed E-state index contributed by atoms with van der Waals surface area (Å²) in [4.78, 5) is 10.7. The summed E-state index contributed by atoms with van der Waals surface area (Å²) in [5.74, 6) is -1.10. The molecule has 0 N–H and O–H groups in total. The summed E-state index contributed by atoms with van der Waals surface area (Å²) < 4.78 is 23.9. The molecule has 1 nitrogen and oxygen atoms in total. The van der Waals surface area contributed by atoms with Crippen molar-refractivity contribution in [1.29, 1.82) is 0 Å². The second kappa shape index (κ2) is 4.51. The molecule has 76 valence electrons. The van der Waals surface area contributed by atoms with E-state index in [0.29, 0.717) is 10.6 Å². The van der Waals surface area contributed by atoms with E-state index in [1.54, 1.807) is 18.2 Å². The van der Waals surface area contributed by atoms with Crippen molar-refractivity contribution in [3.05, 3.63) is 34.3 Å². The van der Waals surface area contributed by atoms with Gasteiger partial charge in [-0.05, 0) is 24.1 Å². The molecule has 4 heteroatoms. The molecule has 0 heterocycles. The summed E-state index contributed by atoms with van der Waals surface area (Å²) in [7, 11) is 0. The molecule has 0 bridgehead atoms. The van der Waals surface area contributed by atoms with Crippen molar-refractivity contribution in [2.24, 2.45) is 0 Å². The average Bonchev–Trinajstić information content (AvgIpc) is 2.09. The molecule has 0 aliphatic carbocycles. The number of carbonyl (C=O) groups is 1. The van der Waals surface area contributed by atoms with Crippen LogP contribution in [0.3, 0.4) is 0 Å². The van der Waals surface area contributed by atoms with Crippen LogP contribution in [-0.4, -0.2) is 12.2 Å². The summed E-state index contributed by atoms with van der Waals surface area (Å²) in [6.45, 7) is 1.84. The molecule has 14 heavy (non-hydrogen) atoms. The van der Waals surface area contributed by atoms with Crippen molar-refractivity contribution in [1.82, 2.24) is 0 Å². The summed E-state index contributed by atoms with van der Waals surface area (Å²) in [6.07, 6.45) is -3.23. The Morgan fingerprint density at radius 2 is 2.14 bits per heavy atom. The molecule has 0 saturated heterocycles. The molecular weight excluding hydrogens is 210 g/mol. The van der Waals surface area contributed by atoms with Gasteiger partial charge in [0.1, 0.15) is 0 Å². The monoisotopic (exact) mass is 218 g/mol. The van der Waals surface area contributed by atoms with Crippen LogP contribution in [0.1, 0.15) is 11.1 Å². The molecule has 0 spiro atoms. The van der Waals surface area contributed by atoms with E-state index in [0.717, 1.165) is 5.56 Å². The second-order valence-corrected chi connectivity index (χ2v) is 3.45. The quantitative estimate of drug-likeness (QED) is 0.762. The molecule has 0 radical (unpaired) electrons. The van der Waals surface area contributed by atoms with Crippen LogP contribution >= 0.6 is 11.6 Å². The van der Waals surface area contributed by atoms with E-state index in [9.17, 15) is 13.6 Å². The molecule has 0 saturated carbocycles. The number of alkyl halides is 2. The van der Waals surface area contributed by atoms with Gasteiger partial charge in [-0.2, -0.15) is 0 Å². The maximum absolute atomic E-state index is 11.9. The predicted molar refractivity (Wildman–Crippen MR) is 50.9 cm³/mol. The fraction of sp³-hybridized carbons (Fsp3) is 0.300. The van der Waals surface area contributed by atoms with Crippen molar-refractivity contribution < 1.29 is 13.6 Å². The number of halogens is 3. The highest BCUT2D eigenvalue weighted by molar-refractivity contribution is 6.31. The summed E-state index contributed by atoms with van der Waals surface area (Å²) in [5, 5.41) is 0.360. The van der Waals surface area contributed by atoms with Crippen molar-refractivity contribution >= 4 is 17.4 Å². The highest BCUT2D eigenvalue weighted by Gasteiger charge is 2.16. The Labute approximate surface area is 85.7 Å². The van der Waals surface area contributed by atoms with Crippen molar-refractivity contribution in [2.45, 2.75) is 19.8 Å². The number of Topliss-reactive ketones (excluding diaryl/α,β-unsaturated/α-hetero) is 1. The van der Waals surface area contributed by atoms with Gasteiger partial charge in [0.05, 0.1) is 0 Å². The lowest BCUT2D eigenvalue weighted by Gasteiger charge is -2.03. The molecular formula is C10H9ClF2O. The van der Waals surface area contributed by atoms with E-state index < -0.39 is 12.2 Å². The lowest BCUT2D eigenvalue weighted by Crippen LogP contribution is -2.13. The molecule has 0 unspecified atom stereocenters. The van der Waals surface area contributed by atoms with Crippen LogP contribution in [-0.2, 0) is 11.2 Å². The van der Waals surface area contributed by atoms with Gasteiger partial charge in [-0.25, -0.2) is 8.78 Å². The van der Waals surface area contributed by atoms with E-state index in [-0.39, 0.29) is 6.42 Å². The van der Waals surface area contributed by atoms with E-state index >= 15 is 0 Å². The molecule has 0 aliphatic heterocycles. The Morgan fingerprint density at radius 3 is 2.64 bits per heavy atom. The first-order valence-electron chi connectivity index (χ1n) is 4.06. The first-order chi connectivity index (χ1) is 6.50. The molecule has 1 aromatic carbocycles. The number of hydrogen-bond acceptors (Lipinski definition) is 1. The normalized spacial score (nSPS) is 10.6. The number of hydrogen-bond donors (Lipinski definition) is 0. The predicted octanol–water partition coefficient (Wildman–Crippen LogP) is 3.03. The Morgan fingerprint density at radius 1 is 1.50 bits per heavy atom. The average molecular weight is 219 g/mol. The van der Waals surface area contributed by atoms with E-state index in [2.05, 4.69) is 0 Å². The number of aryl methyl sites for hydroxylation is 1. The maximum Gasteiger partial charge on any atom is 0.296 e. The third-order valence-electron chi connectivity index (χ3n) is 1.82. The molecule has 1 aromatic rings. The first kappa shape index (κ1) is 11.1. The third kappa shape index (κ3) is 2.77. The summed E-state index contributed by atoms with van der Waals surface area (Å²) >= 11 is 5.78. The standard InChI is InChI=1S/C10H9ClF2O/c1-6-2-3-7(8(11)4-6)5-9(14)10(12)13/h2-4,10H,5H2,1H3. The first-order valence-corrected chi connectivity index (χ1v) is 4.44. The fourth-order valence-corrected chi connectivity index (χ4v) is 1.36. The van der Waals surface area contributed by atoms with Gasteiger partial charge in [-0.1, -0.05) is 23.7 Å². The third-order valence-corrected chi connectivity index (χ3v) is 2.17. The van der Waals surface area contributed by atoms with Gasteiger partial charge in [-0.3, -0.25) is 4.79 Å². The fourth-order valence-electron chi connectivity index (χ4n) is 1.06. The minimum atomic E-state index is -2.92. The Bertz CT molecular complexity index is 350. The van der Waals surface area contributed by atoms with Gasteiger partial charge in [0.25, 0.3) is 6.43 Å². The van der Waals surface area contributed by atoms with Crippen LogP contribution in [0.15, 0.2) is 18.2 Å². The molecule has 0 aliphatic rings. The van der Waals surface area contributed by atoms with E-state index in [1.165, 1.54) is 0 Å². The molecule has 0 aromatic heterocycles. The zero-order chi connectivity index (χ0) is 10.7. The lowest BCUT2D eigenvalue weighted by atomic mass is 10.1. The number of carbonyl (C=O) groups excluding carboxylic acids is 1. The topological polar surface area (TPSA) is 17.1 Å². The van der Waals surface area contributed by atoms with Gasteiger partial charge in [-0.15, -0.1) is 0 Å². The smallest absolute Gasteiger partial charge is 0.293 e. The van der Waals surface area contributed by atoms with Crippen LogP contribution in [0.2, 0.25) is 5.02 Å². The maximum atomic E-state index is 11.9. The van der Waals surface area contributed by atoms with Crippen LogP contribution in [0.25, 0.3) is 0 Å². The van der Waals surface area contributed by atoms with Crippen molar-refractivity contribution in [3.63, 3.8) is 0 Å². The molecule has 0 fully saturated rings. The molecule has 1 rings (SSSR count). The van der Waals surface area contributed by atoms with E-state index in [4.69, 9.17) is 11.6 Å². The zero-order valence-corrected chi connectivity index (χ0v) is 8.31. The lowest BCUT2D eigenvalue weighted by molar-refractivity contribution is -0.128. The number of benzene rings is 1. The van der Waals surface area contributed by atoms with Crippen LogP contribution < -0.4 is 0 Å². The van der Waals surface area contributed by atoms with Gasteiger partial charge >= 0.3 is 0 Å². The number of ketones is 1. The summed E-state index contributed by atoms with van der Waals surface area (Å²) in [6, 6.07) is 4.98. The molecule has 0 amide bonds. The highest BCUT2D eigenvalue weighted by Crippen LogP contribution is 2.19. The zero-order valence-electron chi connectivity index (χ0n) is 7.56. The van der Waals surface area contributed by atoms with Crippen molar-refractivity contribution in [2.75, 3.05) is 0 Å². The SMILES string of the molecule is Cc1ccc(CC(=O)C(F)F)c(Cl)c1. The van der Waals surface area contributed by atoms with Crippen LogP contribution in [0.4, 0.5) is 8.78 Å². The largest absolute Gasteiger partial charge is 0.296 e. The van der Waals surface area contributed by atoms with Gasteiger partial charge in [0.2, 0.25) is 5.78 Å². The highest BCUT2D eigenvalue weighted by atomic mass is 35.5.